The van der Waals surface area contributed by atoms with Gasteiger partial charge in [0, 0.05) is 12.0 Å². The molecule has 1 saturated carbocycles. The third kappa shape index (κ3) is 5.89. The van der Waals surface area contributed by atoms with Gasteiger partial charge in [-0.2, -0.15) is 0 Å². The van der Waals surface area contributed by atoms with Crippen molar-refractivity contribution in [2.45, 2.75) is 62.9 Å². The van der Waals surface area contributed by atoms with Crippen LogP contribution in [0.2, 0.25) is 5.02 Å². The number of carbonyl (C=O) groups is 2. The summed E-state index contributed by atoms with van der Waals surface area (Å²) in [5.74, 6) is 0.309. The Morgan fingerprint density at radius 3 is 2.58 bits per heavy atom. The molecule has 0 bridgehead atoms. The SMILES string of the molecule is CC(C)(C)OC(=O)N1CCOC(COc2nn(-c3ccccc3)c(NC(=O)N[C@@H]3c4ccccc4C4(CC4)[C@H]3O)c2Cl)C1. The van der Waals surface area contributed by atoms with E-state index in [0.717, 1.165) is 24.0 Å². The number of aliphatic hydroxyl groups is 1. The highest BCUT2D eigenvalue weighted by Crippen LogP contribution is 2.59. The zero-order valence-electron chi connectivity index (χ0n) is 24.4. The Morgan fingerprint density at radius 2 is 1.86 bits per heavy atom. The lowest BCUT2D eigenvalue weighted by atomic mass is 9.97. The third-order valence-corrected chi connectivity index (χ3v) is 8.36. The van der Waals surface area contributed by atoms with Crippen LogP contribution in [0, 0.1) is 0 Å². The van der Waals surface area contributed by atoms with Crippen LogP contribution in [0.5, 0.6) is 5.88 Å². The fourth-order valence-electron chi connectivity index (χ4n) is 5.83. The minimum absolute atomic E-state index is 0.0730. The molecule has 43 heavy (non-hydrogen) atoms. The van der Waals surface area contributed by atoms with E-state index in [0.29, 0.717) is 18.8 Å². The molecule has 3 aromatic rings. The molecule has 6 rings (SSSR count). The number of carbonyl (C=O) groups excluding carboxylic acids is 2. The van der Waals surface area contributed by atoms with E-state index in [1.807, 2.05) is 75.4 Å². The maximum absolute atomic E-state index is 13.4. The molecule has 11 nitrogen and oxygen atoms in total. The van der Waals surface area contributed by atoms with Crippen molar-refractivity contribution in [1.82, 2.24) is 20.0 Å². The molecule has 1 unspecified atom stereocenters. The molecule has 228 valence electrons. The second-order valence-corrected chi connectivity index (χ2v) is 12.6. The molecule has 1 aliphatic heterocycles. The predicted octanol–water partition coefficient (Wildman–Crippen LogP) is 4.81. The fraction of sp³-hybridized carbons (Fsp3) is 0.452. The Morgan fingerprint density at radius 1 is 1.14 bits per heavy atom. The standard InChI is InChI=1S/C31H36ClN5O6/c1-30(2,3)43-29(40)36-15-16-41-20(17-36)18-42-27-23(32)26(37(35-27)19-9-5-4-6-10-19)34-28(39)33-24-21-11-7-8-12-22(21)31(13-14-31)25(24)38/h4-12,20,24-25,38H,13-18H2,1-3H3,(H2,33,34,39)/t20?,24-,25+/m1/s1. The normalized spacial score (nSPS) is 22.2. The summed E-state index contributed by atoms with van der Waals surface area (Å²) < 4.78 is 18.8. The minimum atomic E-state index is -0.722. The molecular weight excluding hydrogens is 574 g/mol. The first kappa shape index (κ1) is 29.3. The summed E-state index contributed by atoms with van der Waals surface area (Å²) >= 11 is 6.75. The van der Waals surface area contributed by atoms with E-state index in [1.165, 1.54) is 4.68 Å². The van der Waals surface area contributed by atoms with Crippen molar-refractivity contribution in [3.05, 3.63) is 70.7 Å². The van der Waals surface area contributed by atoms with Crippen LogP contribution in [0.4, 0.5) is 15.4 Å². The molecule has 3 amide bonds. The van der Waals surface area contributed by atoms with Crippen LogP contribution in [0.3, 0.4) is 0 Å². The van der Waals surface area contributed by atoms with Gasteiger partial charge in [0.2, 0.25) is 0 Å². The van der Waals surface area contributed by atoms with Crippen molar-refractivity contribution in [2.24, 2.45) is 0 Å². The summed E-state index contributed by atoms with van der Waals surface area (Å²) in [6, 6.07) is 16.0. The fourth-order valence-corrected chi connectivity index (χ4v) is 6.05. The highest BCUT2D eigenvalue weighted by molar-refractivity contribution is 6.34. The molecule has 0 radical (unpaired) electrons. The molecule has 12 heteroatoms. The molecule has 2 heterocycles. The van der Waals surface area contributed by atoms with Crippen molar-refractivity contribution in [2.75, 3.05) is 31.6 Å². The van der Waals surface area contributed by atoms with E-state index in [4.69, 9.17) is 25.8 Å². The number of para-hydroxylation sites is 1. The second kappa shape index (κ2) is 11.4. The van der Waals surface area contributed by atoms with E-state index in [-0.39, 0.29) is 35.3 Å². The summed E-state index contributed by atoms with van der Waals surface area (Å²) in [6.07, 6.45) is 0.210. The Kier molecular flexibility index (Phi) is 7.74. The molecule has 2 fully saturated rings. The van der Waals surface area contributed by atoms with E-state index in [1.54, 1.807) is 4.90 Å². The van der Waals surface area contributed by atoms with Crippen LogP contribution >= 0.6 is 11.6 Å². The number of ether oxygens (including phenoxy) is 3. The van der Waals surface area contributed by atoms with Gasteiger partial charge in [-0.1, -0.05) is 54.1 Å². The summed E-state index contributed by atoms with van der Waals surface area (Å²) in [4.78, 5) is 27.5. The smallest absolute Gasteiger partial charge is 0.410 e. The van der Waals surface area contributed by atoms with Crippen LogP contribution in [-0.2, 0) is 14.9 Å². The number of hydrogen-bond acceptors (Lipinski definition) is 7. The first-order valence-corrected chi connectivity index (χ1v) is 14.8. The highest BCUT2D eigenvalue weighted by Gasteiger charge is 2.59. The summed E-state index contributed by atoms with van der Waals surface area (Å²) in [6.45, 7) is 6.57. The number of aliphatic hydroxyl groups excluding tert-OH is 1. The van der Waals surface area contributed by atoms with Crippen LogP contribution in [-0.4, -0.2) is 76.0 Å². The Bertz CT molecular complexity index is 1500. The lowest BCUT2D eigenvalue weighted by Crippen LogP contribution is -2.49. The third-order valence-electron chi connectivity index (χ3n) is 8.02. The maximum atomic E-state index is 13.4. The highest BCUT2D eigenvalue weighted by atomic mass is 35.5. The Labute approximate surface area is 255 Å². The molecule has 1 spiro atoms. The van der Waals surface area contributed by atoms with Gasteiger partial charge in [-0.15, -0.1) is 5.10 Å². The summed E-state index contributed by atoms with van der Waals surface area (Å²) in [5.41, 5.74) is 1.77. The van der Waals surface area contributed by atoms with Gasteiger partial charge in [0.05, 0.1) is 31.0 Å². The van der Waals surface area contributed by atoms with Gasteiger partial charge in [0.15, 0.2) is 5.82 Å². The molecule has 3 atom stereocenters. The second-order valence-electron chi connectivity index (χ2n) is 12.2. The number of nitrogens with one attached hydrogen (secondary N) is 2. The molecule has 2 aliphatic carbocycles. The number of urea groups is 1. The van der Waals surface area contributed by atoms with Crippen molar-refractivity contribution >= 4 is 29.5 Å². The van der Waals surface area contributed by atoms with Gasteiger partial charge < -0.3 is 29.5 Å². The van der Waals surface area contributed by atoms with Crippen LogP contribution < -0.4 is 15.4 Å². The predicted molar refractivity (Wildman–Crippen MR) is 160 cm³/mol. The lowest BCUT2D eigenvalue weighted by Gasteiger charge is -2.33. The topological polar surface area (TPSA) is 127 Å². The zero-order chi connectivity index (χ0) is 30.4. The number of hydrogen-bond donors (Lipinski definition) is 3. The van der Waals surface area contributed by atoms with Gasteiger partial charge in [-0.05, 0) is 56.9 Å². The Hall–Kier alpha value is -3.80. The average Bonchev–Trinajstić information content (AvgIpc) is 3.70. The van der Waals surface area contributed by atoms with Gasteiger partial charge in [-0.3, -0.25) is 5.32 Å². The minimum Gasteiger partial charge on any atom is -0.473 e. The summed E-state index contributed by atoms with van der Waals surface area (Å²) in [5, 5.41) is 21.6. The molecular formula is C31H36ClN5O6. The average molecular weight is 610 g/mol. The molecule has 3 N–H and O–H groups in total. The number of halogens is 1. The van der Waals surface area contributed by atoms with Gasteiger partial charge >= 0.3 is 12.1 Å². The largest absolute Gasteiger partial charge is 0.473 e. The Balaban J connectivity index is 1.17. The van der Waals surface area contributed by atoms with E-state index >= 15 is 0 Å². The first-order chi connectivity index (χ1) is 20.6. The monoisotopic (exact) mass is 609 g/mol. The number of nitrogens with zero attached hydrogens (tertiary/aromatic N) is 3. The number of anilines is 1. The number of amides is 3. The van der Waals surface area contributed by atoms with Gasteiger partial charge in [0.1, 0.15) is 23.3 Å². The molecule has 1 saturated heterocycles. The number of aromatic nitrogens is 2. The maximum Gasteiger partial charge on any atom is 0.410 e. The van der Waals surface area contributed by atoms with Crippen molar-refractivity contribution in [1.29, 1.82) is 0 Å². The lowest BCUT2D eigenvalue weighted by molar-refractivity contribution is -0.0561. The molecule has 3 aliphatic rings. The van der Waals surface area contributed by atoms with E-state index < -0.39 is 36.0 Å². The van der Waals surface area contributed by atoms with Crippen molar-refractivity contribution < 1.29 is 28.9 Å². The van der Waals surface area contributed by atoms with E-state index in [9.17, 15) is 14.7 Å². The van der Waals surface area contributed by atoms with Crippen molar-refractivity contribution in [3.8, 4) is 11.6 Å². The van der Waals surface area contributed by atoms with Crippen molar-refractivity contribution in [3.63, 3.8) is 0 Å². The van der Waals surface area contributed by atoms with E-state index in [2.05, 4.69) is 15.7 Å². The zero-order valence-corrected chi connectivity index (χ0v) is 25.1. The van der Waals surface area contributed by atoms with Crippen LogP contribution in [0.25, 0.3) is 5.69 Å². The van der Waals surface area contributed by atoms with Gasteiger partial charge in [-0.25, -0.2) is 14.3 Å². The number of benzene rings is 2. The quantitative estimate of drug-likeness (QED) is 0.366. The van der Waals surface area contributed by atoms with Crippen LogP contribution in [0.15, 0.2) is 54.6 Å². The number of morpholine rings is 1. The first-order valence-electron chi connectivity index (χ1n) is 14.5. The molecule has 2 aromatic carbocycles. The summed E-state index contributed by atoms with van der Waals surface area (Å²) in [7, 11) is 0. The number of fused-ring (bicyclic) bond motifs is 2. The molecule has 1 aromatic heterocycles. The van der Waals surface area contributed by atoms with Gasteiger partial charge in [0.25, 0.3) is 5.88 Å². The number of rotatable bonds is 6. The van der Waals surface area contributed by atoms with Crippen LogP contribution in [0.1, 0.15) is 50.8 Å².